The Morgan fingerprint density at radius 3 is 2.26 bits per heavy atom. The number of benzene rings is 2. The van der Waals surface area contributed by atoms with E-state index in [0.717, 1.165) is 5.56 Å². The number of nitrogens with one attached hydrogen (secondary N) is 3. The van der Waals surface area contributed by atoms with Crippen molar-refractivity contribution in [3.63, 3.8) is 0 Å². The molecule has 0 bridgehead atoms. The molecule has 0 aliphatic heterocycles. The average molecular weight is 429 g/mol. The molecule has 0 saturated carbocycles. The van der Waals surface area contributed by atoms with Gasteiger partial charge >= 0.3 is 6.09 Å². The van der Waals surface area contributed by atoms with E-state index in [4.69, 9.17) is 4.74 Å². The molecule has 2 aromatic carbocycles. The van der Waals surface area contributed by atoms with Crippen molar-refractivity contribution < 1.29 is 23.5 Å². The van der Waals surface area contributed by atoms with Crippen molar-refractivity contribution in [1.29, 1.82) is 0 Å². The molecule has 0 unspecified atom stereocenters. The molecule has 0 saturated heterocycles. The summed E-state index contributed by atoms with van der Waals surface area (Å²) in [7, 11) is 0. The number of ether oxygens (including phenoxy) is 1. The zero-order chi connectivity index (χ0) is 22.9. The smallest absolute Gasteiger partial charge is 0.408 e. The van der Waals surface area contributed by atoms with Crippen LogP contribution in [0.5, 0.6) is 0 Å². The molecule has 0 heterocycles. The normalized spacial score (nSPS) is 10.8. The predicted octanol–water partition coefficient (Wildman–Crippen LogP) is 3.54. The molecule has 31 heavy (non-hydrogen) atoms. The minimum absolute atomic E-state index is 0.172. The Morgan fingerprint density at radius 2 is 1.61 bits per heavy atom. The fourth-order valence-electron chi connectivity index (χ4n) is 2.62. The lowest BCUT2D eigenvalue weighted by molar-refractivity contribution is -0.121. The summed E-state index contributed by atoms with van der Waals surface area (Å²) in [6.07, 6.45) is -0.135. The predicted molar refractivity (Wildman–Crippen MR) is 116 cm³/mol. The van der Waals surface area contributed by atoms with Crippen LogP contribution in [0.3, 0.4) is 0 Å². The second-order valence-corrected chi connectivity index (χ2v) is 7.97. The number of alkyl carbamates (subject to hydrolysis) is 1. The molecule has 3 N–H and O–H groups in total. The molecule has 0 fully saturated rings. The number of aryl methyl sites for hydroxylation is 1. The summed E-state index contributed by atoms with van der Waals surface area (Å²) in [4.78, 5) is 35.5. The Labute approximate surface area is 181 Å². The number of rotatable bonds is 8. The first-order valence-electron chi connectivity index (χ1n) is 9.98. The van der Waals surface area contributed by atoms with Gasteiger partial charge in [0.05, 0.1) is 0 Å². The number of carbonyl (C=O) groups excluding carboxylic acids is 3. The van der Waals surface area contributed by atoms with Crippen molar-refractivity contribution in [1.82, 2.24) is 10.6 Å². The van der Waals surface area contributed by atoms with Crippen LogP contribution in [0, 0.1) is 5.82 Å². The third-order valence-corrected chi connectivity index (χ3v) is 4.10. The zero-order valence-corrected chi connectivity index (χ0v) is 18.0. The molecular weight excluding hydrogens is 401 g/mol. The minimum Gasteiger partial charge on any atom is -0.444 e. The first-order chi connectivity index (χ1) is 14.6. The summed E-state index contributed by atoms with van der Waals surface area (Å²) in [5.74, 6) is -0.872. The second kappa shape index (κ2) is 11.1. The van der Waals surface area contributed by atoms with Crippen LogP contribution >= 0.6 is 0 Å². The maximum atomic E-state index is 13.6. The van der Waals surface area contributed by atoms with Gasteiger partial charge < -0.3 is 20.7 Å². The maximum absolute atomic E-state index is 13.6. The van der Waals surface area contributed by atoms with Crippen molar-refractivity contribution >= 4 is 23.6 Å². The van der Waals surface area contributed by atoms with Crippen LogP contribution in [0.25, 0.3) is 0 Å². The van der Waals surface area contributed by atoms with Crippen LogP contribution in [-0.2, 0) is 27.3 Å². The SMILES string of the molecule is CC(C)(C)OC(=O)NCC(=O)Nc1ccc(CNC(=O)CCc2ccccc2F)cc1. The van der Waals surface area contributed by atoms with Gasteiger partial charge in [0, 0.05) is 18.7 Å². The molecular formula is C23H28FN3O4. The van der Waals surface area contributed by atoms with Gasteiger partial charge in [0.25, 0.3) is 0 Å². The van der Waals surface area contributed by atoms with Crippen LogP contribution < -0.4 is 16.0 Å². The van der Waals surface area contributed by atoms with Gasteiger partial charge in [-0.15, -0.1) is 0 Å². The standard InChI is InChI=1S/C23H28FN3O4/c1-23(2,3)31-22(30)26-15-21(29)27-18-11-8-16(9-12-18)14-25-20(28)13-10-17-6-4-5-7-19(17)24/h4-9,11-12H,10,13-15H2,1-3H3,(H,25,28)(H,26,30)(H,27,29). The molecule has 3 amide bonds. The van der Waals surface area contributed by atoms with Gasteiger partial charge in [0.15, 0.2) is 0 Å². The fourth-order valence-corrected chi connectivity index (χ4v) is 2.62. The third-order valence-electron chi connectivity index (χ3n) is 4.10. The van der Waals surface area contributed by atoms with Gasteiger partial charge in [-0.2, -0.15) is 0 Å². The molecule has 0 atom stereocenters. The molecule has 0 spiro atoms. The Kier molecular flexibility index (Phi) is 8.54. The summed E-state index contributed by atoms with van der Waals surface area (Å²) in [6.45, 7) is 5.32. The fraction of sp³-hybridized carbons (Fsp3) is 0.348. The lowest BCUT2D eigenvalue weighted by atomic mass is 10.1. The highest BCUT2D eigenvalue weighted by Gasteiger charge is 2.16. The average Bonchev–Trinajstić information content (AvgIpc) is 2.70. The van der Waals surface area contributed by atoms with E-state index in [1.54, 1.807) is 63.2 Å². The highest BCUT2D eigenvalue weighted by molar-refractivity contribution is 5.93. The van der Waals surface area contributed by atoms with E-state index < -0.39 is 11.7 Å². The van der Waals surface area contributed by atoms with Gasteiger partial charge in [-0.05, 0) is 56.5 Å². The molecule has 8 heteroatoms. The Balaban J connectivity index is 1.71. The number of halogens is 1. The molecule has 0 aliphatic rings. The van der Waals surface area contributed by atoms with E-state index in [9.17, 15) is 18.8 Å². The first-order valence-corrected chi connectivity index (χ1v) is 9.98. The monoisotopic (exact) mass is 429 g/mol. The maximum Gasteiger partial charge on any atom is 0.408 e. The molecule has 0 aromatic heterocycles. The Morgan fingerprint density at radius 1 is 0.935 bits per heavy atom. The number of hydrogen-bond donors (Lipinski definition) is 3. The van der Waals surface area contributed by atoms with Crippen LogP contribution in [0.1, 0.15) is 38.3 Å². The van der Waals surface area contributed by atoms with Crippen molar-refractivity contribution in [3.05, 3.63) is 65.5 Å². The Bertz CT molecular complexity index is 908. The number of amides is 3. The van der Waals surface area contributed by atoms with E-state index >= 15 is 0 Å². The van der Waals surface area contributed by atoms with Crippen molar-refractivity contribution in [2.75, 3.05) is 11.9 Å². The lowest BCUT2D eigenvalue weighted by Gasteiger charge is -2.19. The summed E-state index contributed by atoms with van der Waals surface area (Å²) in [5.41, 5.74) is 1.29. The minimum atomic E-state index is -0.663. The first kappa shape index (κ1) is 23.9. The van der Waals surface area contributed by atoms with Gasteiger partial charge in [-0.25, -0.2) is 9.18 Å². The van der Waals surface area contributed by atoms with E-state index in [0.29, 0.717) is 24.2 Å². The van der Waals surface area contributed by atoms with Gasteiger partial charge in [0.1, 0.15) is 18.0 Å². The van der Waals surface area contributed by atoms with Crippen LogP contribution in [0.15, 0.2) is 48.5 Å². The molecule has 0 radical (unpaired) electrons. The quantitative estimate of drug-likeness (QED) is 0.598. The van der Waals surface area contributed by atoms with Crippen LogP contribution in [-0.4, -0.2) is 30.1 Å². The van der Waals surface area contributed by atoms with Crippen LogP contribution in [0.2, 0.25) is 0 Å². The van der Waals surface area contributed by atoms with Gasteiger partial charge in [0.2, 0.25) is 11.8 Å². The third kappa shape index (κ3) is 9.29. The summed E-state index contributed by atoms with van der Waals surface area (Å²) in [6, 6.07) is 13.3. The lowest BCUT2D eigenvalue weighted by Crippen LogP contribution is -2.37. The second-order valence-electron chi connectivity index (χ2n) is 7.97. The molecule has 7 nitrogen and oxygen atoms in total. The van der Waals surface area contributed by atoms with E-state index in [1.807, 2.05) is 0 Å². The highest BCUT2D eigenvalue weighted by atomic mass is 19.1. The van der Waals surface area contributed by atoms with Gasteiger partial charge in [-0.3, -0.25) is 9.59 Å². The van der Waals surface area contributed by atoms with Crippen molar-refractivity contribution in [2.24, 2.45) is 0 Å². The van der Waals surface area contributed by atoms with E-state index in [2.05, 4.69) is 16.0 Å². The van der Waals surface area contributed by atoms with E-state index in [-0.39, 0.29) is 30.6 Å². The Hall–Kier alpha value is -3.42. The van der Waals surface area contributed by atoms with E-state index in [1.165, 1.54) is 6.07 Å². The molecule has 2 aromatic rings. The highest BCUT2D eigenvalue weighted by Crippen LogP contribution is 2.11. The van der Waals surface area contributed by atoms with Crippen molar-refractivity contribution in [3.8, 4) is 0 Å². The summed E-state index contributed by atoms with van der Waals surface area (Å²) in [5, 5.41) is 7.84. The number of anilines is 1. The topological polar surface area (TPSA) is 96.5 Å². The largest absolute Gasteiger partial charge is 0.444 e. The molecule has 0 aliphatic carbocycles. The van der Waals surface area contributed by atoms with Crippen molar-refractivity contribution in [2.45, 2.75) is 45.8 Å². The summed E-state index contributed by atoms with van der Waals surface area (Å²) < 4.78 is 18.6. The summed E-state index contributed by atoms with van der Waals surface area (Å²) >= 11 is 0. The van der Waals surface area contributed by atoms with Crippen LogP contribution in [0.4, 0.5) is 14.9 Å². The molecule has 2 rings (SSSR count). The van der Waals surface area contributed by atoms with Gasteiger partial charge in [-0.1, -0.05) is 30.3 Å². The number of hydrogen-bond acceptors (Lipinski definition) is 4. The zero-order valence-electron chi connectivity index (χ0n) is 18.0. The number of carbonyl (C=O) groups is 3. The molecule has 166 valence electrons.